The minimum atomic E-state index is -0.0851. The molecule has 0 aromatic heterocycles. The molecule has 2 aliphatic rings. The van der Waals surface area contributed by atoms with Crippen LogP contribution in [0.25, 0.3) is 0 Å². The third-order valence-corrected chi connectivity index (χ3v) is 4.20. The number of nitrogens with one attached hydrogen (secondary N) is 1. The average molecular weight is 317 g/mol. The van der Waals surface area contributed by atoms with Crippen LogP contribution in [0.1, 0.15) is 18.1 Å². The molecule has 0 bridgehead atoms. The van der Waals surface area contributed by atoms with Crippen molar-refractivity contribution in [2.24, 2.45) is 0 Å². The lowest BCUT2D eigenvalue weighted by molar-refractivity contribution is -0.139. The second-order valence-electron chi connectivity index (χ2n) is 6.37. The summed E-state index contributed by atoms with van der Waals surface area (Å²) in [5.74, 6) is 0.816. The molecular formula is C17H23N3O3. The predicted octanol–water partition coefficient (Wildman–Crippen LogP) is 0.536. The van der Waals surface area contributed by atoms with Gasteiger partial charge in [0, 0.05) is 31.7 Å². The number of carbonyl (C=O) groups is 2. The molecule has 6 nitrogen and oxygen atoms in total. The predicted molar refractivity (Wildman–Crippen MR) is 86.1 cm³/mol. The summed E-state index contributed by atoms with van der Waals surface area (Å²) in [5, 5.41) is 2.74. The van der Waals surface area contributed by atoms with Crippen LogP contribution in [-0.2, 0) is 16.1 Å². The van der Waals surface area contributed by atoms with Gasteiger partial charge >= 0.3 is 0 Å². The summed E-state index contributed by atoms with van der Waals surface area (Å²) in [6, 6.07) is 6.15. The minimum Gasteiger partial charge on any atom is -0.489 e. The minimum absolute atomic E-state index is 0.00292. The molecule has 1 unspecified atom stereocenters. The molecule has 1 aromatic rings. The zero-order valence-corrected chi connectivity index (χ0v) is 13.7. The molecule has 0 radical (unpaired) electrons. The molecule has 3 rings (SSSR count). The Morgan fingerprint density at radius 3 is 3.00 bits per heavy atom. The van der Waals surface area contributed by atoms with Gasteiger partial charge < -0.3 is 15.0 Å². The standard InChI is InChI=1S/C17H23N3O3/c1-12-3-4-15-14(7-12)9-19(8-13(2)23-15)11-17(22)20-6-5-18-16(21)10-20/h3-4,7,13H,5-6,8-11H2,1-2H3,(H,18,21). The lowest BCUT2D eigenvalue weighted by Crippen LogP contribution is -2.52. The number of benzene rings is 1. The molecule has 1 fully saturated rings. The normalized spacial score (nSPS) is 21.9. The molecule has 1 atom stereocenters. The molecule has 0 saturated carbocycles. The topological polar surface area (TPSA) is 61.9 Å². The van der Waals surface area contributed by atoms with Crippen LogP contribution >= 0.6 is 0 Å². The number of carbonyl (C=O) groups excluding carboxylic acids is 2. The first-order chi connectivity index (χ1) is 11.0. The van der Waals surface area contributed by atoms with Gasteiger partial charge in [0.1, 0.15) is 11.9 Å². The summed E-state index contributed by atoms with van der Waals surface area (Å²) in [6.07, 6.45) is 0.0245. The van der Waals surface area contributed by atoms with Gasteiger partial charge in [-0.3, -0.25) is 14.5 Å². The first-order valence-corrected chi connectivity index (χ1v) is 8.04. The van der Waals surface area contributed by atoms with Gasteiger partial charge in [-0.1, -0.05) is 17.7 Å². The van der Waals surface area contributed by atoms with Crippen molar-refractivity contribution in [1.29, 1.82) is 0 Å². The first-order valence-electron chi connectivity index (χ1n) is 8.04. The fourth-order valence-electron chi connectivity index (χ4n) is 3.13. The van der Waals surface area contributed by atoms with E-state index in [0.29, 0.717) is 32.7 Å². The van der Waals surface area contributed by atoms with Crippen LogP contribution in [0.2, 0.25) is 0 Å². The van der Waals surface area contributed by atoms with Gasteiger partial charge in [-0.25, -0.2) is 0 Å². The van der Waals surface area contributed by atoms with Gasteiger partial charge in [-0.05, 0) is 19.9 Å². The number of aryl methyl sites for hydroxylation is 1. The van der Waals surface area contributed by atoms with E-state index in [1.807, 2.05) is 19.1 Å². The Hall–Kier alpha value is -2.08. The van der Waals surface area contributed by atoms with E-state index in [4.69, 9.17) is 4.74 Å². The summed E-state index contributed by atoms with van der Waals surface area (Å²) in [4.78, 5) is 27.6. The number of piperazine rings is 1. The molecule has 23 heavy (non-hydrogen) atoms. The number of fused-ring (bicyclic) bond motifs is 1. The number of rotatable bonds is 2. The van der Waals surface area contributed by atoms with Gasteiger partial charge in [-0.15, -0.1) is 0 Å². The summed E-state index contributed by atoms with van der Waals surface area (Å²) in [6.45, 7) is 7.04. The lowest BCUT2D eigenvalue weighted by Gasteiger charge is -2.29. The van der Waals surface area contributed by atoms with E-state index < -0.39 is 0 Å². The molecule has 2 heterocycles. The van der Waals surface area contributed by atoms with E-state index in [1.165, 1.54) is 5.56 Å². The zero-order valence-electron chi connectivity index (χ0n) is 13.7. The third kappa shape index (κ3) is 3.82. The second-order valence-corrected chi connectivity index (χ2v) is 6.37. The highest BCUT2D eigenvalue weighted by Crippen LogP contribution is 2.26. The molecule has 0 spiro atoms. The number of hydrogen-bond donors (Lipinski definition) is 1. The van der Waals surface area contributed by atoms with Crippen molar-refractivity contribution in [3.8, 4) is 5.75 Å². The van der Waals surface area contributed by atoms with Gasteiger partial charge in [0.2, 0.25) is 11.8 Å². The quantitative estimate of drug-likeness (QED) is 0.865. The number of hydrogen-bond acceptors (Lipinski definition) is 4. The first kappa shape index (κ1) is 15.8. The smallest absolute Gasteiger partial charge is 0.239 e. The van der Waals surface area contributed by atoms with Gasteiger partial charge in [0.25, 0.3) is 0 Å². The van der Waals surface area contributed by atoms with Crippen LogP contribution in [0.3, 0.4) is 0 Å². The fraction of sp³-hybridized carbons (Fsp3) is 0.529. The van der Waals surface area contributed by atoms with E-state index in [0.717, 1.165) is 11.3 Å². The van der Waals surface area contributed by atoms with E-state index in [1.54, 1.807) is 4.90 Å². The molecule has 1 aromatic carbocycles. The molecule has 2 amide bonds. The third-order valence-electron chi connectivity index (χ3n) is 4.20. The Morgan fingerprint density at radius 2 is 2.22 bits per heavy atom. The van der Waals surface area contributed by atoms with Crippen LogP contribution in [0.4, 0.5) is 0 Å². The molecular weight excluding hydrogens is 294 g/mol. The number of ether oxygens (including phenoxy) is 1. The Bertz CT molecular complexity index is 617. The maximum absolute atomic E-state index is 12.5. The van der Waals surface area contributed by atoms with Gasteiger partial charge in [0.15, 0.2) is 0 Å². The molecule has 1 N–H and O–H groups in total. The Morgan fingerprint density at radius 1 is 1.39 bits per heavy atom. The van der Waals surface area contributed by atoms with Gasteiger partial charge in [0.05, 0.1) is 13.1 Å². The summed E-state index contributed by atoms with van der Waals surface area (Å²) < 4.78 is 5.96. The van der Waals surface area contributed by atoms with Crippen LogP contribution in [-0.4, -0.2) is 60.4 Å². The maximum atomic E-state index is 12.5. The Kier molecular flexibility index (Phi) is 4.52. The largest absolute Gasteiger partial charge is 0.489 e. The summed E-state index contributed by atoms with van der Waals surface area (Å²) >= 11 is 0. The number of amides is 2. The maximum Gasteiger partial charge on any atom is 0.239 e. The molecule has 6 heteroatoms. The number of nitrogens with zero attached hydrogens (tertiary/aromatic N) is 2. The van der Waals surface area contributed by atoms with Crippen LogP contribution in [0.5, 0.6) is 5.75 Å². The van der Waals surface area contributed by atoms with E-state index in [2.05, 4.69) is 23.2 Å². The highest BCUT2D eigenvalue weighted by atomic mass is 16.5. The van der Waals surface area contributed by atoms with Crippen molar-refractivity contribution in [2.75, 3.05) is 32.7 Å². The van der Waals surface area contributed by atoms with Crippen molar-refractivity contribution in [3.63, 3.8) is 0 Å². The molecule has 124 valence electrons. The van der Waals surface area contributed by atoms with Gasteiger partial charge in [-0.2, -0.15) is 0 Å². The van der Waals surface area contributed by atoms with Crippen LogP contribution < -0.4 is 10.1 Å². The van der Waals surface area contributed by atoms with E-state index in [9.17, 15) is 9.59 Å². The van der Waals surface area contributed by atoms with Crippen molar-refractivity contribution in [2.45, 2.75) is 26.5 Å². The lowest BCUT2D eigenvalue weighted by atomic mass is 10.1. The highest BCUT2D eigenvalue weighted by molar-refractivity contribution is 5.86. The zero-order chi connectivity index (χ0) is 16.4. The van der Waals surface area contributed by atoms with E-state index in [-0.39, 0.29) is 24.5 Å². The van der Waals surface area contributed by atoms with Crippen molar-refractivity contribution in [3.05, 3.63) is 29.3 Å². The van der Waals surface area contributed by atoms with Crippen molar-refractivity contribution >= 4 is 11.8 Å². The van der Waals surface area contributed by atoms with E-state index >= 15 is 0 Å². The molecule has 1 saturated heterocycles. The SMILES string of the molecule is Cc1ccc2c(c1)CN(CC(=O)N1CCNC(=O)C1)CC(C)O2. The second kappa shape index (κ2) is 6.58. The molecule has 0 aliphatic carbocycles. The monoisotopic (exact) mass is 317 g/mol. The summed E-state index contributed by atoms with van der Waals surface area (Å²) in [5.41, 5.74) is 2.29. The fourth-order valence-corrected chi connectivity index (χ4v) is 3.13. The van der Waals surface area contributed by atoms with Crippen LogP contribution in [0, 0.1) is 6.92 Å². The summed E-state index contributed by atoms with van der Waals surface area (Å²) in [7, 11) is 0. The Balaban J connectivity index is 1.69. The van der Waals surface area contributed by atoms with Crippen LogP contribution in [0.15, 0.2) is 18.2 Å². The van der Waals surface area contributed by atoms with Crippen molar-refractivity contribution in [1.82, 2.24) is 15.1 Å². The average Bonchev–Trinajstić information content (AvgIpc) is 2.64. The van der Waals surface area contributed by atoms with Crippen molar-refractivity contribution < 1.29 is 14.3 Å². The highest BCUT2D eigenvalue weighted by Gasteiger charge is 2.26. The Labute approximate surface area is 136 Å². The molecule has 2 aliphatic heterocycles.